The van der Waals surface area contributed by atoms with Gasteiger partial charge in [0.1, 0.15) is 5.82 Å². The second kappa shape index (κ2) is 4.76. The molecule has 0 aliphatic carbocycles. The topological polar surface area (TPSA) is 69.8 Å². The Labute approximate surface area is 83.3 Å². The highest BCUT2D eigenvalue weighted by Gasteiger charge is 2.15. The van der Waals surface area contributed by atoms with Gasteiger partial charge in [-0.2, -0.15) is 0 Å². The third kappa shape index (κ3) is 2.56. The van der Waals surface area contributed by atoms with Crippen LogP contribution in [0.25, 0.3) is 0 Å². The van der Waals surface area contributed by atoms with Gasteiger partial charge in [0.15, 0.2) is 0 Å². The minimum absolute atomic E-state index is 0.0311. The molecule has 14 heavy (non-hydrogen) atoms. The SMILES string of the molecule is CNC(C)C(=O)NC(C)c1ncc[nH]1. The monoisotopic (exact) mass is 196 g/mol. The van der Waals surface area contributed by atoms with Crippen LogP contribution in [0.3, 0.4) is 0 Å². The van der Waals surface area contributed by atoms with Crippen LogP contribution in [0.5, 0.6) is 0 Å². The number of amides is 1. The number of aromatic amines is 1. The number of nitrogens with one attached hydrogen (secondary N) is 3. The van der Waals surface area contributed by atoms with Crippen LogP contribution in [-0.4, -0.2) is 29.0 Å². The van der Waals surface area contributed by atoms with Crippen molar-refractivity contribution >= 4 is 5.91 Å². The summed E-state index contributed by atoms with van der Waals surface area (Å²) in [6.45, 7) is 3.70. The fourth-order valence-electron chi connectivity index (χ4n) is 1.05. The second-order valence-electron chi connectivity index (χ2n) is 3.22. The van der Waals surface area contributed by atoms with Gasteiger partial charge in [0.25, 0.3) is 0 Å². The zero-order chi connectivity index (χ0) is 10.6. The Morgan fingerprint density at radius 2 is 2.29 bits per heavy atom. The fraction of sp³-hybridized carbons (Fsp3) is 0.556. The molecular formula is C9H16N4O. The summed E-state index contributed by atoms with van der Waals surface area (Å²) < 4.78 is 0. The average molecular weight is 196 g/mol. The molecule has 2 unspecified atom stereocenters. The predicted octanol–water partition coefficient (Wildman–Crippen LogP) is 0.195. The van der Waals surface area contributed by atoms with Crippen molar-refractivity contribution in [2.75, 3.05) is 7.05 Å². The molecule has 0 radical (unpaired) electrons. The van der Waals surface area contributed by atoms with E-state index in [9.17, 15) is 4.79 Å². The van der Waals surface area contributed by atoms with Gasteiger partial charge in [-0.1, -0.05) is 0 Å². The average Bonchev–Trinajstić information content (AvgIpc) is 2.69. The maximum atomic E-state index is 11.5. The van der Waals surface area contributed by atoms with Crippen LogP contribution in [0.4, 0.5) is 0 Å². The van der Waals surface area contributed by atoms with Crippen LogP contribution >= 0.6 is 0 Å². The number of carbonyl (C=O) groups excluding carboxylic acids is 1. The number of hydrogen-bond donors (Lipinski definition) is 3. The molecule has 1 aromatic rings. The molecule has 0 spiro atoms. The highest BCUT2D eigenvalue weighted by atomic mass is 16.2. The van der Waals surface area contributed by atoms with Crippen LogP contribution in [0.2, 0.25) is 0 Å². The van der Waals surface area contributed by atoms with Crippen LogP contribution in [-0.2, 0) is 4.79 Å². The van der Waals surface area contributed by atoms with Crippen molar-refractivity contribution < 1.29 is 4.79 Å². The third-order valence-electron chi connectivity index (χ3n) is 2.11. The van der Waals surface area contributed by atoms with Crippen LogP contribution in [0.1, 0.15) is 25.7 Å². The number of aromatic nitrogens is 2. The van der Waals surface area contributed by atoms with Crippen LogP contribution < -0.4 is 10.6 Å². The van der Waals surface area contributed by atoms with Crippen molar-refractivity contribution in [2.24, 2.45) is 0 Å². The van der Waals surface area contributed by atoms with Crippen molar-refractivity contribution in [3.05, 3.63) is 18.2 Å². The summed E-state index contributed by atoms with van der Waals surface area (Å²) in [6.07, 6.45) is 3.40. The van der Waals surface area contributed by atoms with E-state index in [1.165, 1.54) is 0 Å². The van der Waals surface area contributed by atoms with Gasteiger partial charge < -0.3 is 15.6 Å². The summed E-state index contributed by atoms with van der Waals surface area (Å²) in [4.78, 5) is 18.5. The highest BCUT2D eigenvalue weighted by molar-refractivity contribution is 5.81. The summed E-state index contributed by atoms with van der Waals surface area (Å²) >= 11 is 0. The molecule has 1 rings (SSSR count). The van der Waals surface area contributed by atoms with Crippen LogP contribution in [0, 0.1) is 0 Å². The van der Waals surface area contributed by atoms with Crippen molar-refractivity contribution in [1.29, 1.82) is 0 Å². The molecule has 0 aliphatic rings. The summed E-state index contributed by atoms with van der Waals surface area (Å²) in [7, 11) is 1.75. The van der Waals surface area contributed by atoms with E-state index in [0.717, 1.165) is 5.82 Å². The molecule has 1 aromatic heterocycles. The lowest BCUT2D eigenvalue weighted by atomic mass is 10.2. The first kappa shape index (κ1) is 10.7. The quantitative estimate of drug-likeness (QED) is 0.644. The zero-order valence-corrected chi connectivity index (χ0v) is 8.66. The van der Waals surface area contributed by atoms with Gasteiger partial charge in [0.05, 0.1) is 12.1 Å². The second-order valence-corrected chi connectivity index (χ2v) is 3.22. The maximum absolute atomic E-state index is 11.5. The Morgan fingerprint density at radius 3 is 2.79 bits per heavy atom. The molecule has 0 aliphatic heterocycles. The molecule has 1 heterocycles. The zero-order valence-electron chi connectivity index (χ0n) is 8.66. The van der Waals surface area contributed by atoms with Gasteiger partial charge in [-0.3, -0.25) is 4.79 Å². The third-order valence-corrected chi connectivity index (χ3v) is 2.11. The molecule has 5 nitrogen and oxygen atoms in total. The smallest absolute Gasteiger partial charge is 0.237 e. The number of likely N-dealkylation sites (N-methyl/N-ethyl adjacent to an activating group) is 1. The van der Waals surface area contributed by atoms with Gasteiger partial charge in [-0.15, -0.1) is 0 Å². The number of hydrogen-bond acceptors (Lipinski definition) is 3. The number of H-pyrrole nitrogens is 1. The van der Waals surface area contributed by atoms with Crippen molar-refractivity contribution in [3.8, 4) is 0 Å². The highest BCUT2D eigenvalue weighted by Crippen LogP contribution is 2.04. The summed E-state index contributed by atoms with van der Waals surface area (Å²) in [5.74, 6) is 0.734. The lowest BCUT2D eigenvalue weighted by Crippen LogP contribution is -2.41. The van der Waals surface area contributed by atoms with E-state index in [0.29, 0.717) is 0 Å². The standard InChI is InChI=1S/C9H16N4O/c1-6(8-11-4-5-12-8)13-9(14)7(2)10-3/h4-7,10H,1-3H3,(H,11,12)(H,13,14). The molecule has 1 amide bonds. The lowest BCUT2D eigenvalue weighted by Gasteiger charge is -2.15. The first-order valence-electron chi connectivity index (χ1n) is 4.62. The summed E-state index contributed by atoms with van der Waals surface area (Å²) in [5, 5.41) is 5.71. The Hall–Kier alpha value is -1.36. The van der Waals surface area contributed by atoms with Gasteiger partial charge in [-0.05, 0) is 20.9 Å². The molecular weight excluding hydrogens is 180 g/mol. The first-order chi connectivity index (χ1) is 6.65. The van der Waals surface area contributed by atoms with E-state index < -0.39 is 0 Å². The number of carbonyl (C=O) groups is 1. The van der Waals surface area contributed by atoms with Crippen molar-refractivity contribution in [3.63, 3.8) is 0 Å². The van der Waals surface area contributed by atoms with Gasteiger partial charge in [0.2, 0.25) is 5.91 Å². The number of imidazole rings is 1. The molecule has 78 valence electrons. The van der Waals surface area contributed by atoms with E-state index in [1.807, 2.05) is 13.8 Å². The van der Waals surface area contributed by atoms with Gasteiger partial charge in [-0.25, -0.2) is 4.98 Å². The van der Waals surface area contributed by atoms with Crippen molar-refractivity contribution in [2.45, 2.75) is 25.9 Å². The molecule has 0 bridgehead atoms. The molecule has 0 saturated carbocycles. The van der Waals surface area contributed by atoms with E-state index in [2.05, 4.69) is 20.6 Å². The summed E-state index contributed by atoms with van der Waals surface area (Å²) in [5.41, 5.74) is 0. The lowest BCUT2D eigenvalue weighted by molar-refractivity contribution is -0.123. The van der Waals surface area contributed by atoms with Crippen molar-refractivity contribution in [1.82, 2.24) is 20.6 Å². The molecule has 2 atom stereocenters. The number of nitrogens with zero attached hydrogens (tertiary/aromatic N) is 1. The minimum atomic E-state index is -0.188. The molecule has 0 fully saturated rings. The van der Waals surface area contributed by atoms with Gasteiger partial charge in [0, 0.05) is 12.4 Å². The maximum Gasteiger partial charge on any atom is 0.237 e. The first-order valence-corrected chi connectivity index (χ1v) is 4.62. The van der Waals surface area contributed by atoms with E-state index in [-0.39, 0.29) is 18.0 Å². The van der Waals surface area contributed by atoms with Crippen LogP contribution in [0.15, 0.2) is 12.4 Å². The van der Waals surface area contributed by atoms with E-state index in [4.69, 9.17) is 0 Å². The number of rotatable bonds is 4. The molecule has 0 aromatic carbocycles. The molecule has 3 N–H and O–H groups in total. The Morgan fingerprint density at radius 1 is 1.57 bits per heavy atom. The molecule has 0 saturated heterocycles. The van der Waals surface area contributed by atoms with E-state index >= 15 is 0 Å². The Balaban J connectivity index is 2.49. The largest absolute Gasteiger partial charge is 0.347 e. The Bertz CT molecular complexity index is 283. The van der Waals surface area contributed by atoms with E-state index in [1.54, 1.807) is 19.4 Å². The molecule has 5 heteroatoms. The normalized spacial score (nSPS) is 14.8. The summed E-state index contributed by atoms with van der Waals surface area (Å²) in [6, 6.07) is -0.277. The minimum Gasteiger partial charge on any atom is -0.347 e. The van der Waals surface area contributed by atoms with Gasteiger partial charge >= 0.3 is 0 Å². The predicted molar refractivity (Wildman–Crippen MR) is 53.7 cm³/mol. The Kier molecular flexibility index (Phi) is 3.64. The fourth-order valence-corrected chi connectivity index (χ4v) is 1.05.